The van der Waals surface area contributed by atoms with Gasteiger partial charge in [0.15, 0.2) is 0 Å². The molecule has 2 aromatic heterocycles. The molecule has 2 amide bonds. The second kappa shape index (κ2) is 15.8. The molecule has 0 spiro atoms. The summed E-state index contributed by atoms with van der Waals surface area (Å²) in [5.74, 6) is 1.60. The summed E-state index contributed by atoms with van der Waals surface area (Å²) in [5.41, 5.74) is 0. The lowest BCUT2D eigenvalue weighted by molar-refractivity contribution is -0.126. The molecule has 0 aliphatic carbocycles. The van der Waals surface area contributed by atoms with E-state index in [2.05, 4.69) is 20.6 Å². The molecule has 0 aromatic carbocycles. The van der Waals surface area contributed by atoms with Gasteiger partial charge in [-0.25, -0.2) is 9.97 Å². The van der Waals surface area contributed by atoms with Crippen molar-refractivity contribution in [2.45, 2.75) is 51.0 Å². The second-order valence-corrected chi connectivity index (χ2v) is 10.4. The average molecular weight is 511 g/mol. The normalized spacial score (nSPS) is 18.0. The van der Waals surface area contributed by atoms with Crippen molar-refractivity contribution in [3.8, 4) is 0 Å². The molecule has 1 fully saturated rings. The number of rotatable bonds is 16. The lowest BCUT2D eigenvalue weighted by Crippen LogP contribution is -2.39. The molecule has 12 heteroatoms. The Morgan fingerprint density at radius 3 is 1.71 bits per heavy atom. The number of amides is 2. The predicted octanol–water partition coefficient (Wildman–Crippen LogP) is 1.74. The third-order valence-corrected chi connectivity index (χ3v) is 7.65. The Morgan fingerprint density at radius 1 is 0.824 bits per heavy atom. The van der Waals surface area contributed by atoms with Crippen LogP contribution in [0.5, 0.6) is 0 Å². The minimum atomic E-state index is -0.0708. The zero-order valence-electron chi connectivity index (χ0n) is 19.3. The quantitative estimate of drug-likeness (QED) is 0.259. The number of hydrogen-bond donors (Lipinski definition) is 2. The molecule has 0 radical (unpaired) electrons. The Balaban J connectivity index is 1.21. The zero-order valence-corrected chi connectivity index (χ0v) is 21.0. The third-order valence-electron chi connectivity index (χ3n) is 5.23. The smallest absolute Gasteiger partial charge is 0.222 e. The number of aryl methyl sites for hydroxylation is 2. The van der Waals surface area contributed by atoms with Gasteiger partial charge in [0.1, 0.15) is 0 Å². The minimum Gasteiger partial charge on any atom is -0.374 e. The predicted molar refractivity (Wildman–Crippen MR) is 133 cm³/mol. The average Bonchev–Trinajstić information content (AvgIpc) is 3.55. The molecule has 2 unspecified atom stereocenters. The molecule has 0 bridgehead atoms. The summed E-state index contributed by atoms with van der Waals surface area (Å²) in [7, 11) is 3.50. The Morgan fingerprint density at radius 2 is 1.29 bits per heavy atom. The summed E-state index contributed by atoms with van der Waals surface area (Å²) in [6.45, 7) is 3.64. The first kappa shape index (κ1) is 26.6. The third kappa shape index (κ3) is 10.5. The van der Waals surface area contributed by atoms with E-state index in [9.17, 15) is 9.59 Å². The van der Waals surface area contributed by atoms with Crippen LogP contribution in [-0.4, -0.2) is 80.9 Å². The van der Waals surface area contributed by atoms with Gasteiger partial charge < -0.3 is 29.2 Å². The van der Waals surface area contributed by atoms with E-state index in [0.717, 1.165) is 37.4 Å². The van der Waals surface area contributed by atoms with E-state index in [1.54, 1.807) is 46.6 Å². The zero-order chi connectivity index (χ0) is 23.8. The molecule has 0 saturated carbocycles. The van der Waals surface area contributed by atoms with Crippen LogP contribution in [0.3, 0.4) is 0 Å². The van der Waals surface area contributed by atoms with Crippen molar-refractivity contribution in [1.82, 2.24) is 29.7 Å². The van der Waals surface area contributed by atoms with E-state index in [1.165, 1.54) is 0 Å². The molecule has 10 nitrogen and oxygen atoms in total. The lowest BCUT2D eigenvalue weighted by Gasteiger charge is -2.30. The van der Waals surface area contributed by atoms with Gasteiger partial charge in [0.2, 0.25) is 11.8 Å². The molecule has 1 aliphatic heterocycles. The fourth-order valence-corrected chi connectivity index (χ4v) is 5.82. The molecule has 2 N–H and O–H groups in total. The van der Waals surface area contributed by atoms with Crippen molar-refractivity contribution in [3.63, 3.8) is 0 Å². The van der Waals surface area contributed by atoms with Gasteiger partial charge >= 0.3 is 0 Å². The van der Waals surface area contributed by atoms with Crippen molar-refractivity contribution in [1.29, 1.82) is 0 Å². The van der Waals surface area contributed by atoms with Crippen LogP contribution in [0.4, 0.5) is 0 Å². The number of nitrogens with zero attached hydrogens (tertiary/aromatic N) is 4. The number of nitrogens with one attached hydrogen (secondary N) is 2. The Hall–Kier alpha value is -2.02. The van der Waals surface area contributed by atoms with E-state index in [0.29, 0.717) is 39.1 Å². The first-order chi connectivity index (χ1) is 16.7. The molecule has 2 atom stereocenters. The van der Waals surface area contributed by atoms with Crippen LogP contribution in [0.15, 0.2) is 37.4 Å². The van der Waals surface area contributed by atoms with E-state index < -0.39 is 0 Å². The van der Waals surface area contributed by atoms with Gasteiger partial charge in [-0.05, 0) is 12.8 Å². The fraction of sp³-hybridized carbons (Fsp3) is 0.636. The van der Waals surface area contributed by atoms with Crippen molar-refractivity contribution in [3.05, 3.63) is 37.4 Å². The van der Waals surface area contributed by atoms with Crippen molar-refractivity contribution in [2.75, 3.05) is 37.8 Å². The SMILES string of the molecule is O=C(CCOC1CSSCC1OCCC(=O)NCCCn1ccnc1)NCCCn1ccnc1. The Bertz CT molecular complexity index is 753. The molecule has 1 saturated heterocycles. The standard InChI is InChI=1S/C22H34N6O4S2/c29-21(25-5-1-9-27-11-7-23-17-27)3-13-31-19-15-33-34-16-20(19)32-14-4-22(30)26-6-2-10-28-12-8-24-18-28/h7-8,11-12,17-20H,1-6,9-10,13-16H2,(H,25,29)(H,26,30). The first-order valence-electron chi connectivity index (χ1n) is 11.6. The highest BCUT2D eigenvalue weighted by molar-refractivity contribution is 8.76. The summed E-state index contributed by atoms with van der Waals surface area (Å²) in [6.07, 6.45) is 13.1. The number of carbonyl (C=O) groups excluding carboxylic acids is 2. The van der Waals surface area contributed by atoms with Gasteiger partial charge in [-0.2, -0.15) is 0 Å². The second-order valence-electron chi connectivity index (χ2n) is 7.90. The summed E-state index contributed by atoms with van der Waals surface area (Å²) in [4.78, 5) is 32.1. The number of carbonyl (C=O) groups is 2. The lowest BCUT2D eigenvalue weighted by atomic mass is 10.2. The molecule has 3 rings (SSSR count). The van der Waals surface area contributed by atoms with Crippen molar-refractivity contribution in [2.24, 2.45) is 0 Å². The van der Waals surface area contributed by atoms with E-state index in [-0.39, 0.29) is 24.0 Å². The van der Waals surface area contributed by atoms with Crippen molar-refractivity contribution >= 4 is 33.4 Å². The minimum absolute atomic E-state index is 0.00866. The van der Waals surface area contributed by atoms with Gasteiger partial charge in [0.05, 0.1) is 38.1 Å². The molecular formula is C22H34N6O4S2. The van der Waals surface area contributed by atoms with Gasteiger partial charge in [-0.3, -0.25) is 9.59 Å². The maximum absolute atomic E-state index is 12.0. The molecule has 3 heterocycles. The van der Waals surface area contributed by atoms with Gasteiger partial charge in [-0.1, -0.05) is 21.6 Å². The summed E-state index contributed by atoms with van der Waals surface area (Å²) >= 11 is 0. The molecule has 2 aromatic rings. The largest absolute Gasteiger partial charge is 0.374 e. The van der Waals surface area contributed by atoms with Crippen LogP contribution in [0.2, 0.25) is 0 Å². The highest BCUT2D eigenvalue weighted by atomic mass is 33.1. The van der Waals surface area contributed by atoms with E-state index in [4.69, 9.17) is 9.47 Å². The number of aromatic nitrogens is 4. The van der Waals surface area contributed by atoms with Crippen LogP contribution in [0.25, 0.3) is 0 Å². The monoisotopic (exact) mass is 510 g/mol. The number of hydrogen-bond acceptors (Lipinski definition) is 8. The number of imidazole rings is 2. The summed E-state index contributed by atoms with van der Waals surface area (Å²) < 4.78 is 15.9. The first-order valence-corrected chi connectivity index (χ1v) is 14.1. The maximum atomic E-state index is 12.0. The van der Waals surface area contributed by atoms with Gasteiger partial charge in [0.25, 0.3) is 0 Å². The van der Waals surface area contributed by atoms with Crippen LogP contribution < -0.4 is 10.6 Å². The summed E-state index contributed by atoms with van der Waals surface area (Å²) in [6, 6.07) is 0. The highest BCUT2D eigenvalue weighted by Gasteiger charge is 2.28. The maximum Gasteiger partial charge on any atom is 0.222 e. The van der Waals surface area contributed by atoms with E-state index >= 15 is 0 Å². The molecule has 188 valence electrons. The Kier molecular flexibility index (Phi) is 12.4. The molecular weight excluding hydrogens is 476 g/mol. The van der Waals surface area contributed by atoms with Gasteiger partial charge in [-0.15, -0.1) is 0 Å². The summed E-state index contributed by atoms with van der Waals surface area (Å²) in [5, 5.41) is 5.85. The van der Waals surface area contributed by atoms with Crippen LogP contribution >= 0.6 is 21.6 Å². The Labute approximate surface area is 208 Å². The van der Waals surface area contributed by atoms with Crippen LogP contribution in [0, 0.1) is 0 Å². The highest BCUT2D eigenvalue weighted by Crippen LogP contribution is 2.32. The van der Waals surface area contributed by atoms with Crippen LogP contribution in [-0.2, 0) is 32.2 Å². The fourth-order valence-electron chi connectivity index (χ4n) is 3.36. The molecule has 1 aliphatic rings. The van der Waals surface area contributed by atoms with Crippen LogP contribution in [0.1, 0.15) is 25.7 Å². The topological polar surface area (TPSA) is 112 Å². The van der Waals surface area contributed by atoms with Gasteiger partial charge in [0, 0.05) is 75.3 Å². The molecule has 34 heavy (non-hydrogen) atoms. The van der Waals surface area contributed by atoms with Crippen molar-refractivity contribution < 1.29 is 19.1 Å². The van der Waals surface area contributed by atoms with E-state index in [1.807, 2.05) is 21.5 Å². The number of ether oxygens (including phenoxy) is 2.